The highest BCUT2D eigenvalue weighted by molar-refractivity contribution is 7.86. The molecule has 3 aliphatic rings. The van der Waals surface area contributed by atoms with E-state index in [4.69, 9.17) is 8.92 Å². The van der Waals surface area contributed by atoms with E-state index in [2.05, 4.69) is 6.58 Å². The fourth-order valence-electron chi connectivity index (χ4n) is 7.34. The van der Waals surface area contributed by atoms with E-state index in [0.29, 0.717) is 12.8 Å². The first-order valence-electron chi connectivity index (χ1n) is 12.4. The van der Waals surface area contributed by atoms with Crippen molar-refractivity contribution in [3.63, 3.8) is 0 Å². The number of ether oxygens (including phenoxy) is 1. The molecule has 2 aliphatic carbocycles. The van der Waals surface area contributed by atoms with E-state index in [1.165, 1.54) is 25.1 Å². The summed E-state index contributed by atoms with van der Waals surface area (Å²) in [4.78, 5) is 13.8. The van der Waals surface area contributed by atoms with E-state index in [0.717, 1.165) is 5.56 Å². The fourth-order valence-corrected chi connectivity index (χ4v) is 8.49. The summed E-state index contributed by atoms with van der Waals surface area (Å²) >= 11 is 0. The summed E-state index contributed by atoms with van der Waals surface area (Å²) in [5, 5.41) is 35.6. The van der Waals surface area contributed by atoms with Gasteiger partial charge in [0.15, 0.2) is 11.4 Å². The molecule has 4 rings (SSSR count). The van der Waals surface area contributed by atoms with E-state index in [-0.39, 0.29) is 11.3 Å². The summed E-state index contributed by atoms with van der Waals surface area (Å²) < 4.78 is 38.9. The van der Waals surface area contributed by atoms with Crippen molar-refractivity contribution >= 4 is 15.9 Å². The van der Waals surface area contributed by atoms with Crippen LogP contribution in [0.25, 0.3) is 0 Å². The number of carbonyl (C=O) groups excluding carboxylic acids is 1. The maximum absolute atomic E-state index is 13.9. The van der Waals surface area contributed by atoms with Gasteiger partial charge in [-0.25, -0.2) is 0 Å². The van der Waals surface area contributed by atoms with Crippen molar-refractivity contribution in [2.45, 2.75) is 101 Å². The standard InChI is InChI=1S/C27H38O8S/c1-8-24(5)15-19(29)27(31)25(6)18(28)13-14-23(3,4)21(25)20(30)22(26(27,7)35-24)34-36(32,33)17-11-9-16(2)10-12-17/h8-12,18,20-22,28,30-31H,1,13-15H2,2-7H3. The highest BCUT2D eigenvalue weighted by Gasteiger charge is 2.81. The number of ketones is 1. The average Bonchev–Trinajstić information content (AvgIpc) is 2.77. The number of hydrogen-bond acceptors (Lipinski definition) is 8. The molecule has 3 fully saturated rings. The SMILES string of the molecule is C=CC1(C)CC(=O)C2(O)C(C)(O1)C(OS(=O)(=O)c1ccc(C)cc1)C(O)C1C(C)(C)CCC(O)C12C. The van der Waals surface area contributed by atoms with E-state index >= 15 is 0 Å². The molecular formula is C27H38O8S. The Morgan fingerprint density at radius 1 is 1.11 bits per heavy atom. The lowest BCUT2D eigenvalue weighted by Crippen LogP contribution is -2.86. The number of fused-ring (bicyclic) bond motifs is 3. The summed E-state index contributed by atoms with van der Waals surface area (Å²) in [6.45, 7) is 13.9. The molecule has 0 radical (unpaired) electrons. The normalized spacial score (nSPS) is 44.4. The molecule has 8 nitrogen and oxygen atoms in total. The number of aliphatic hydroxyl groups excluding tert-OH is 2. The van der Waals surface area contributed by atoms with Crippen LogP contribution in [0.2, 0.25) is 0 Å². The van der Waals surface area contributed by atoms with Crippen LogP contribution < -0.4 is 0 Å². The van der Waals surface area contributed by atoms with Crippen LogP contribution in [0.1, 0.15) is 59.4 Å². The molecule has 0 aromatic heterocycles. The largest absolute Gasteiger partial charge is 0.392 e. The van der Waals surface area contributed by atoms with Crippen molar-refractivity contribution in [2.75, 3.05) is 0 Å². The first kappa shape index (κ1) is 27.4. The highest BCUT2D eigenvalue weighted by atomic mass is 32.2. The molecule has 0 amide bonds. The molecule has 1 heterocycles. The predicted octanol–water partition coefficient (Wildman–Crippen LogP) is 2.67. The molecule has 1 aromatic rings. The van der Waals surface area contributed by atoms with Crippen LogP contribution in [-0.2, 0) is 23.8 Å². The Labute approximate surface area is 213 Å². The van der Waals surface area contributed by atoms with E-state index in [9.17, 15) is 28.5 Å². The second-order valence-electron chi connectivity index (χ2n) is 12.1. The zero-order valence-corrected chi connectivity index (χ0v) is 22.6. The van der Waals surface area contributed by atoms with Gasteiger partial charge in [0, 0.05) is 17.8 Å². The third kappa shape index (κ3) is 3.50. The maximum atomic E-state index is 13.9. The van der Waals surface area contributed by atoms with Crippen LogP contribution >= 0.6 is 0 Å². The Balaban J connectivity index is 1.96. The van der Waals surface area contributed by atoms with Gasteiger partial charge in [-0.15, -0.1) is 6.58 Å². The van der Waals surface area contributed by atoms with E-state index in [1.54, 1.807) is 26.0 Å². The Kier molecular flexibility index (Phi) is 6.24. The lowest BCUT2D eigenvalue weighted by atomic mass is 9.40. The number of carbonyl (C=O) groups is 1. The molecule has 1 aromatic carbocycles. The van der Waals surface area contributed by atoms with Gasteiger partial charge >= 0.3 is 0 Å². The van der Waals surface area contributed by atoms with Crippen LogP contribution in [0.5, 0.6) is 0 Å². The van der Waals surface area contributed by atoms with Gasteiger partial charge in [0.05, 0.1) is 22.7 Å². The van der Waals surface area contributed by atoms with E-state index < -0.39 is 67.8 Å². The van der Waals surface area contributed by atoms with Crippen molar-refractivity contribution in [1.29, 1.82) is 0 Å². The van der Waals surface area contributed by atoms with Gasteiger partial charge in [0.1, 0.15) is 11.7 Å². The zero-order chi connectivity index (χ0) is 27.1. The molecule has 9 heteroatoms. The number of aryl methyl sites for hydroxylation is 1. The quantitative estimate of drug-likeness (QED) is 0.406. The van der Waals surface area contributed by atoms with Crippen LogP contribution in [-0.4, -0.2) is 64.6 Å². The minimum absolute atomic E-state index is 0.127. The molecule has 200 valence electrons. The first-order chi connectivity index (χ1) is 16.4. The zero-order valence-electron chi connectivity index (χ0n) is 21.8. The van der Waals surface area contributed by atoms with E-state index in [1.807, 2.05) is 20.8 Å². The van der Waals surface area contributed by atoms with Crippen molar-refractivity contribution in [3.8, 4) is 0 Å². The molecule has 3 N–H and O–H groups in total. The Hall–Kier alpha value is -1.62. The Bertz CT molecular complexity index is 1180. The second-order valence-corrected chi connectivity index (χ2v) is 13.7. The molecule has 0 bridgehead atoms. The number of rotatable bonds is 4. The molecule has 1 aliphatic heterocycles. The summed E-state index contributed by atoms with van der Waals surface area (Å²) in [6, 6.07) is 6.04. The summed E-state index contributed by atoms with van der Waals surface area (Å²) in [5.41, 5.74) is -7.02. The lowest BCUT2D eigenvalue weighted by Gasteiger charge is -2.71. The molecule has 8 unspecified atom stereocenters. The number of hydrogen-bond donors (Lipinski definition) is 3. The lowest BCUT2D eigenvalue weighted by molar-refractivity contribution is -0.366. The monoisotopic (exact) mass is 522 g/mol. The summed E-state index contributed by atoms with van der Waals surface area (Å²) in [6.07, 6.45) is -2.32. The van der Waals surface area contributed by atoms with Gasteiger partial charge in [-0.3, -0.25) is 8.98 Å². The molecule has 36 heavy (non-hydrogen) atoms. The Morgan fingerprint density at radius 2 is 1.69 bits per heavy atom. The number of Topliss-reactive ketones (excluding diaryl/α,β-unsaturated/α-hetero) is 1. The average molecular weight is 523 g/mol. The molecular weight excluding hydrogens is 484 g/mol. The first-order valence-corrected chi connectivity index (χ1v) is 13.8. The molecule has 8 atom stereocenters. The van der Waals surface area contributed by atoms with Gasteiger partial charge in [0.25, 0.3) is 10.1 Å². The smallest absolute Gasteiger partial charge is 0.297 e. The molecule has 2 saturated carbocycles. The third-order valence-electron chi connectivity index (χ3n) is 9.27. The van der Waals surface area contributed by atoms with Gasteiger partial charge in [-0.2, -0.15) is 8.42 Å². The van der Waals surface area contributed by atoms with Gasteiger partial charge in [0.2, 0.25) is 0 Å². The van der Waals surface area contributed by atoms with Crippen molar-refractivity contribution in [2.24, 2.45) is 16.7 Å². The molecule has 1 saturated heterocycles. The summed E-state index contributed by atoms with van der Waals surface area (Å²) in [5.74, 6) is -1.50. The maximum Gasteiger partial charge on any atom is 0.297 e. The van der Waals surface area contributed by atoms with Crippen LogP contribution in [0.4, 0.5) is 0 Å². The predicted molar refractivity (Wildman–Crippen MR) is 133 cm³/mol. The van der Waals surface area contributed by atoms with Crippen LogP contribution in [0.15, 0.2) is 41.8 Å². The topological polar surface area (TPSA) is 130 Å². The third-order valence-corrected chi connectivity index (χ3v) is 10.6. The molecule has 0 spiro atoms. The Morgan fingerprint density at radius 3 is 2.25 bits per heavy atom. The van der Waals surface area contributed by atoms with Crippen molar-refractivity contribution in [3.05, 3.63) is 42.5 Å². The van der Waals surface area contributed by atoms with Gasteiger partial charge in [-0.1, -0.05) is 44.5 Å². The van der Waals surface area contributed by atoms with Gasteiger partial charge < -0.3 is 20.1 Å². The minimum Gasteiger partial charge on any atom is -0.392 e. The van der Waals surface area contributed by atoms with Crippen molar-refractivity contribution < 1.29 is 37.5 Å². The number of benzene rings is 1. The second kappa shape index (κ2) is 8.19. The minimum atomic E-state index is -4.45. The number of aliphatic hydroxyl groups is 3. The highest BCUT2D eigenvalue weighted by Crippen LogP contribution is 2.67. The van der Waals surface area contributed by atoms with Crippen LogP contribution in [0.3, 0.4) is 0 Å². The van der Waals surface area contributed by atoms with Crippen LogP contribution in [0, 0.1) is 23.7 Å². The fraction of sp³-hybridized carbons (Fsp3) is 0.667. The summed E-state index contributed by atoms with van der Waals surface area (Å²) in [7, 11) is -4.45. The van der Waals surface area contributed by atoms with Gasteiger partial charge in [-0.05, 0) is 51.2 Å². The van der Waals surface area contributed by atoms with Crippen molar-refractivity contribution in [1.82, 2.24) is 0 Å².